The normalized spacial score (nSPS) is 34.3. The van der Waals surface area contributed by atoms with E-state index in [1.54, 1.807) is 0 Å². The van der Waals surface area contributed by atoms with Gasteiger partial charge in [0, 0.05) is 25.7 Å². The number of fused-ring (bicyclic) bond motifs is 1. The zero-order chi connectivity index (χ0) is 14.8. The van der Waals surface area contributed by atoms with E-state index in [9.17, 15) is 14.7 Å². The van der Waals surface area contributed by atoms with Crippen LogP contribution in [0.3, 0.4) is 0 Å². The van der Waals surface area contributed by atoms with Crippen LogP contribution in [0.25, 0.3) is 0 Å². The van der Waals surface area contributed by atoms with Crippen LogP contribution in [0.1, 0.15) is 44.9 Å². The van der Waals surface area contributed by atoms with Crippen LogP contribution < -0.4 is 0 Å². The molecule has 3 fully saturated rings. The summed E-state index contributed by atoms with van der Waals surface area (Å²) in [6.45, 7) is 3.85. The summed E-state index contributed by atoms with van der Waals surface area (Å²) in [5.41, 5.74) is 0. The fourth-order valence-electron chi connectivity index (χ4n) is 4.36. The molecule has 118 valence electrons. The summed E-state index contributed by atoms with van der Waals surface area (Å²) in [4.78, 5) is 28.8. The van der Waals surface area contributed by atoms with Crippen LogP contribution in [-0.4, -0.2) is 59.0 Å². The Morgan fingerprint density at radius 2 is 1.57 bits per heavy atom. The number of amides is 1. The molecule has 1 N–H and O–H groups in total. The molecule has 0 bridgehead atoms. The van der Waals surface area contributed by atoms with Gasteiger partial charge < -0.3 is 10.0 Å². The van der Waals surface area contributed by atoms with Crippen LogP contribution in [0.5, 0.6) is 0 Å². The summed E-state index contributed by atoms with van der Waals surface area (Å²) in [6.07, 6.45) is 6.77. The standard InChI is InChI=1S/C16H26N2O3/c19-15(13-6-1-2-7-14(13)16(20)21)18-10-4-9-17-8-3-5-12(17)11-18/h12-14H,1-11H2,(H,20,21)/t12?,13-,14+/m1/s1. The van der Waals surface area contributed by atoms with Gasteiger partial charge in [-0.15, -0.1) is 0 Å². The summed E-state index contributed by atoms with van der Waals surface area (Å²) >= 11 is 0. The Labute approximate surface area is 126 Å². The molecule has 0 aromatic heterocycles. The summed E-state index contributed by atoms with van der Waals surface area (Å²) in [7, 11) is 0. The Kier molecular flexibility index (Phi) is 4.48. The Morgan fingerprint density at radius 3 is 2.33 bits per heavy atom. The minimum atomic E-state index is -0.787. The van der Waals surface area contributed by atoms with Crippen LogP contribution in [0.4, 0.5) is 0 Å². The van der Waals surface area contributed by atoms with Crippen LogP contribution in [-0.2, 0) is 9.59 Å². The van der Waals surface area contributed by atoms with Gasteiger partial charge >= 0.3 is 5.97 Å². The van der Waals surface area contributed by atoms with Crippen molar-refractivity contribution in [3.63, 3.8) is 0 Å². The van der Waals surface area contributed by atoms with E-state index in [1.165, 1.54) is 12.8 Å². The maximum absolute atomic E-state index is 12.9. The fraction of sp³-hybridized carbons (Fsp3) is 0.875. The number of carboxylic acid groups (broad SMARTS) is 1. The molecule has 2 saturated heterocycles. The monoisotopic (exact) mass is 294 g/mol. The summed E-state index contributed by atoms with van der Waals surface area (Å²) in [6, 6.07) is 0.503. The fourth-order valence-corrected chi connectivity index (χ4v) is 4.36. The molecule has 21 heavy (non-hydrogen) atoms. The predicted octanol–water partition coefficient (Wildman–Crippen LogP) is 1.57. The van der Waals surface area contributed by atoms with Gasteiger partial charge in [-0.1, -0.05) is 12.8 Å². The molecule has 0 radical (unpaired) electrons. The first-order valence-electron chi connectivity index (χ1n) is 8.42. The zero-order valence-corrected chi connectivity index (χ0v) is 12.7. The van der Waals surface area contributed by atoms with Crippen molar-refractivity contribution in [3.8, 4) is 0 Å². The Balaban J connectivity index is 1.69. The molecule has 0 aromatic rings. The molecule has 2 aliphatic heterocycles. The zero-order valence-electron chi connectivity index (χ0n) is 12.7. The molecule has 0 aromatic carbocycles. The number of carbonyl (C=O) groups is 2. The van der Waals surface area contributed by atoms with Gasteiger partial charge in [0.15, 0.2) is 0 Å². The van der Waals surface area contributed by atoms with Gasteiger partial charge in [0.25, 0.3) is 0 Å². The minimum absolute atomic E-state index is 0.107. The van der Waals surface area contributed by atoms with Crippen LogP contribution in [0.2, 0.25) is 0 Å². The summed E-state index contributed by atoms with van der Waals surface area (Å²) in [5.74, 6) is -1.43. The van der Waals surface area contributed by atoms with Gasteiger partial charge in [-0.25, -0.2) is 0 Å². The van der Waals surface area contributed by atoms with Crippen LogP contribution in [0.15, 0.2) is 0 Å². The average Bonchev–Trinajstić information content (AvgIpc) is 2.83. The number of hydrogen-bond acceptors (Lipinski definition) is 3. The Morgan fingerprint density at radius 1 is 0.857 bits per heavy atom. The highest BCUT2D eigenvalue weighted by Crippen LogP contribution is 2.32. The van der Waals surface area contributed by atoms with Crippen molar-refractivity contribution < 1.29 is 14.7 Å². The molecule has 5 heteroatoms. The summed E-state index contributed by atoms with van der Waals surface area (Å²) < 4.78 is 0. The molecule has 1 saturated carbocycles. The smallest absolute Gasteiger partial charge is 0.307 e. The second-order valence-corrected chi connectivity index (χ2v) is 6.81. The third-order valence-electron chi connectivity index (χ3n) is 5.52. The molecule has 3 aliphatic rings. The predicted molar refractivity (Wildman–Crippen MR) is 78.9 cm³/mol. The Bertz CT molecular complexity index is 412. The first-order valence-corrected chi connectivity index (χ1v) is 8.42. The second kappa shape index (κ2) is 6.34. The number of carbonyl (C=O) groups excluding carboxylic acids is 1. The molecule has 2 heterocycles. The van der Waals surface area contributed by atoms with E-state index < -0.39 is 11.9 Å². The molecule has 1 amide bonds. The van der Waals surface area contributed by atoms with Crippen LogP contribution in [0, 0.1) is 11.8 Å². The lowest BCUT2D eigenvalue weighted by Crippen LogP contribution is -2.45. The maximum Gasteiger partial charge on any atom is 0.307 e. The van der Waals surface area contributed by atoms with Crippen molar-refractivity contribution in [2.75, 3.05) is 26.2 Å². The highest BCUT2D eigenvalue weighted by Gasteiger charge is 2.39. The van der Waals surface area contributed by atoms with E-state index in [1.807, 2.05) is 4.90 Å². The van der Waals surface area contributed by atoms with Crippen LogP contribution >= 0.6 is 0 Å². The van der Waals surface area contributed by atoms with E-state index in [4.69, 9.17) is 0 Å². The third-order valence-corrected chi connectivity index (χ3v) is 5.52. The van der Waals surface area contributed by atoms with E-state index in [0.717, 1.165) is 51.9 Å². The van der Waals surface area contributed by atoms with E-state index in [0.29, 0.717) is 12.5 Å². The van der Waals surface area contributed by atoms with Crippen molar-refractivity contribution in [2.45, 2.75) is 51.0 Å². The first-order chi connectivity index (χ1) is 10.2. The van der Waals surface area contributed by atoms with E-state index in [-0.39, 0.29) is 11.8 Å². The Hall–Kier alpha value is -1.10. The SMILES string of the molecule is O=C(O)[C@H]1CCCC[C@H]1C(=O)N1CCCN2CCCC2C1. The molecular weight excluding hydrogens is 268 g/mol. The number of aliphatic carboxylic acids is 1. The number of rotatable bonds is 2. The largest absolute Gasteiger partial charge is 0.481 e. The first kappa shape index (κ1) is 14.8. The van der Waals surface area contributed by atoms with Crippen molar-refractivity contribution in [3.05, 3.63) is 0 Å². The minimum Gasteiger partial charge on any atom is -0.481 e. The van der Waals surface area contributed by atoms with Gasteiger partial charge in [-0.2, -0.15) is 0 Å². The quantitative estimate of drug-likeness (QED) is 0.840. The highest BCUT2D eigenvalue weighted by molar-refractivity contribution is 5.85. The molecular formula is C16H26N2O3. The van der Waals surface area contributed by atoms with Gasteiger partial charge in [0.05, 0.1) is 11.8 Å². The molecule has 3 atom stereocenters. The van der Waals surface area contributed by atoms with Gasteiger partial charge in [0.1, 0.15) is 0 Å². The number of carboxylic acids is 1. The van der Waals surface area contributed by atoms with Crippen molar-refractivity contribution in [2.24, 2.45) is 11.8 Å². The lowest BCUT2D eigenvalue weighted by Gasteiger charge is -2.33. The molecule has 1 aliphatic carbocycles. The third kappa shape index (κ3) is 3.07. The molecule has 1 unspecified atom stereocenters. The number of hydrogen-bond donors (Lipinski definition) is 1. The summed E-state index contributed by atoms with van der Waals surface area (Å²) in [5, 5.41) is 9.38. The van der Waals surface area contributed by atoms with E-state index >= 15 is 0 Å². The number of nitrogens with zero attached hydrogens (tertiary/aromatic N) is 2. The van der Waals surface area contributed by atoms with Gasteiger partial charge in [-0.05, 0) is 38.6 Å². The van der Waals surface area contributed by atoms with Gasteiger partial charge in [-0.3, -0.25) is 14.5 Å². The van der Waals surface area contributed by atoms with Gasteiger partial charge in [0.2, 0.25) is 5.91 Å². The molecule has 3 rings (SSSR count). The van der Waals surface area contributed by atoms with Crippen molar-refractivity contribution in [1.82, 2.24) is 9.80 Å². The maximum atomic E-state index is 12.9. The second-order valence-electron chi connectivity index (χ2n) is 6.81. The lowest BCUT2D eigenvalue weighted by atomic mass is 9.78. The van der Waals surface area contributed by atoms with Crippen molar-refractivity contribution >= 4 is 11.9 Å². The topological polar surface area (TPSA) is 60.9 Å². The molecule has 5 nitrogen and oxygen atoms in total. The van der Waals surface area contributed by atoms with E-state index in [2.05, 4.69) is 4.90 Å². The van der Waals surface area contributed by atoms with Crippen molar-refractivity contribution in [1.29, 1.82) is 0 Å². The molecule has 0 spiro atoms. The highest BCUT2D eigenvalue weighted by atomic mass is 16.4. The lowest BCUT2D eigenvalue weighted by molar-refractivity contribution is -0.152. The average molecular weight is 294 g/mol.